The van der Waals surface area contributed by atoms with Gasteiger partial charge < -0.3 is 15.8 Å². The number of nitrogens with zero attached hydrogens (tertiary/aromatic N) is 1. The van der Waals surface area contributed by atoms with Crippen LogP contribution in [0.3, 0.4) is 0 Å². The molecule has 82 valence electrons. The maximum Gasteiger partial charge on any atom is 0.188 e. The molecule has 1 aliphatic rings. The molecule has 1 aliphatic carbocycles. The average Bonchev–Trinajstić information content (AvgIpc) is 2.98. The van der Waals surface area contributed by atoms with E-state index in [1.54, 1.807) is 0 Å². The van der Waals surface area contributed by atoms with E-state index in [9.17, 15) is 0 Å². The van der Waals surface area contributed by atoms with Gasteiger partial charge in [-0.2, -0.15) is 0 Å². The number of ether oxygens (including phenoxy) is 1. The van der Waals surface area contributed by atoms with Crippen molar-refractivity contribution in [2.75, 3.05) is 26.3 Å². The third kappa shape index (κ3) is 5.80. The van der Waals surface area contributed by atoms with E-state index in [0.717, 1.165) is 38.6 Å². The van der Waals surface area contributed by atoms with E-state index in [1.165, 1.54) is 12.8 Å². The van der Waals surface area contributed by atoms with Crippen molar-refractivity contribution in [1.82, 2.24) is 5.32 Å². The maximum atomic E-state index is 5.60. The summed E-state index contributed by atoms with van der Waals surface area (Å²) in [5, 5.41) is 3.01. The Morgan fingerprint density at radius 3 is 3.00 bits per heavy atom. The Morgan fingerprint density at radius 1 is 1.57 bits per heavy atom. The van der Waals surface area contributed by atoms with Crippen molar-refractivity contribution in [2.45, 2.75) is 26.2 Å². The monoisotopic (exact) mass is 199 g/mol. The highest BCUT2D eigenvalue weighted by Crippen LogP contribution is 2.28. The highest BCUT2D eigenvalue weighted by Gasteiger charge is 2.20. The Balaban J connectivity index is 1.86. The van der Waals surface area contributed by atoms with Crippen LogP contribution < -0.4 is 11.1 Å². The molecule has 0 unspecified atom stereocenters. The van der Waals surface area contributed by atoms with E-state index in [4.69, 9.17) is 10.5 Å². The second-order valence-corrected chi connectivity index (χ2v) is 3.71. The minimum atomic E-state index is 0.530. The Hall–Kier alpha value is -0.770. The van der Waals surface area contributed by atoms with Crippen molar-refractivity contribution in [2.24, 2.45) is 16.6 Å². The maximum absolute atomic E-state index is 5.60. The van der Waals surface area contributed by atoms with E-state index >= 15 is 0 Å². The standard InChI is InChI=1S/C10H21N3O/c1-2-5-12-10(11)13-6-7-14-8-9-3-4-9/h9H,2-8H2,1H3,(H3,11,12,13). The topological polar surface area (TPSA) is 59.6 Å². The summed E-state index contributed by atoms with van der Waals surface area (Å²) < 4.78 is 5.44. The highest BCUT2D eigenvalue weighted by atomic mass is 16.5. The molecule has 1 rings (SSSR count). The van der Waals surface area contributed by atoms with Gasteiger partial charge in [0.1, 0.15) is 0 Å². The molecule has 0 aromatic rings. The van der Waals surface area contributed by atoms with Crippen LogP contribution in [0.25, 0.3) is 0 Å². The average molecular weight is 199 g/mol. The summed E-state index contributed by atoms with van der Waals surface area (Å²) in [6, 6.07) is 0. The normalized spacial score (nSPS) is 17.1. The van der Waals surface area contributed by atoms with Crippen LogP contribution in [0.4, 0.5) is 0 Å². The number of rotatable bonds is 7. The van der Waals surface area contributed by atoms with E-state index < -0.39 is 0 Å². The molecule has 0 aliphatic heterocycles. The van der Waals surface area contributed by atoms with Gasteiger partial charge in [-0.1, -0.05) is 6.92 Å². The van der Waals surface area contributed by atoms with Crippen molar-refractivity contribution in [3.63, 3.8) is 0 Å². The van der Waals surface area contributed by atoms with Crippen LogP contribution >= 0.6 is 0 Å². The predicted molar refractivity (Wildman–Crippen MR) is 58.3 cm³/mol. The summed E-state index contributed by atoms with van der Waals surface area (Å²) in [6.45, 7) is 5.26. The minimum absolute atomic E-state index is 0.530. The molecule has 0 spiro atoms. The molecule has 1 fully saturated rings. The first-order chi connectivity index (χ1) is 6.83. The van der Waals surface area contributed by atoms with Crippen LogP contribution in [0.2, 0.25) is 0 Å². The fourth-order valence-corrected chi connectivity index (χ4v) is 1.07. The molecular weight excluding hydrogens is 178 g/mol. The molecule has 0 heterocycles. The quantitative estimate of drug-likeness (QED) is 0.361. The lowest BCUT2D eigenvalue weighted by Gasteiger charge is -2.05. The summed E-state index contributed by atoms with van der Waals surface area (Å²) in [5.41, 5.74) is 5.60. The number of guanidine groups is 1. The van der Waals surface area contributed by atoms with E-state index in [-0.39, 0.29) is 0 Å². The Bertz CT molecular complexity index is 178. The summed E-state index contributed by atoms with van der Waals surface area (Å²) in [6.07, 6.45) is 3.71. The van der Waals surface area contributed by atoms with Crippen molar-refractivity contribution >= 4 is 5.96 Å². The second-order valence-electron chi connectivity index (χ2n) is 3.71. The molecule has 0 amide bonds. The Labute approximate surface area is 85.9 Å². The number of hydrogen-bond acceptors (Lipinski definition) is 2. The SMILES string of the molecule is CCCN=C(N)NCCOCC1CC1. The number of aliphatic imine (C=N–C) groups is 1. The molecule has 0 aromatic carbocycles. The third-order valence-corrected chi connectivity index (χ3v) is 2.11. The van der Waals surface area contributed by atoms with Crippen LogP contribution in [0, 0.1) is 5.92 Å². The third-order valence-electron chi connectivity index (χ3n) is 2.11. The van der Waals surface area contributed by atoms with Gasteiger partial charge in [0.2, 0.25) is 0 Å². The molecule has 0 radical (unpaired) electrons. The van der Waals surface area contributed by atoms with Gasteiger partial charge in [0.25, 0.3) is 0 Å². The van der Waals surface area contributed by atoms with Crippen molar-refractivity contribution in [3.8, 4) is 0 Å². The first-order valence-corrected chi connectivity index (χ1v) is 5.44. The molecule has 4 heteroatoms. The summed E-state index contributed by atoms with van der Waals surface area (Å²) >= 11 is 0. The molecule has 0 saturated heterocycles. The molecule has 3 N–H and O–H groups in total. The number of hydrogen-bond donors (Lipinski definition) is 2. The van der Waals surface area contributed by atoms with E-state index in [1.807, 2.05) is 0 Å². The molecule has 1 saturated carbocycles. The fourth-order valence-electron chi connectivity index (χ4n) is 1.07. The van der Waals surface area contributed by atoms with E-state index in [2.05, 4.69) is 17.2 Å². The number of nitrogens with one attached hydrogen (secondary N) is 1. The summed E-state index contributed by atoms with van der Waals surface area (Å²) in [4.78, 5) is 4.12. The summed E-state index contributed by atoms with van der Waals surface area (Å²) in [5.74, 6) is 1.36. The number of nitrogens with two attached hydrogens (primary N) is 1. The van der Waals surface area contributed by atoms with Gasteiger partial charge in [-0.25, -0.2) is 0 Å². The van der Waals surface area contributed by atoms with Crippen LogP contribution in [0.15, 0.2) is 4.99 Å². The van der Waals surface area contributed by atoms with Gasteiger partial charge in [0.15, 0.2) is 5.96 Å². The Kier molecular flexibility index (Phi) is 5.37. The lowest BCUT2D eigenvalue weighted by molar-refractivity contribution is 0.129. The van der Waals surface area contributed by atoms with Crippen LogP contribution in [0.1, 0.15) is 26.2 Å². The van der Waals surface area contributed by atoms with Crippen molar-refractivity contribution in [3.05, 3.63) is 0 Å². The molecule has 0 aromatic heterocycles. The zero-order chi connectivity index (χ0) is 10.2. The largest absolute Gasteiger partial charge is 0.379 e. The van der Waals surface area contributed by atoms with Gasteiger partial charge in [-0.3, -0.25) is 4.99 Å². The van der Waals surface area contributed by atoms with Gasteiger partial charge in [-0.05, 0) is 25.2 Å². The van der Waals surface area contributed by atoms with Crippen molar-refractivity contribution in [1.29, 1.82) is 0 Å². The zero-order valence-corrected chi connectivity index (χ0v) is 8.96. The lowest BCUT2D eigenvalue weighted by atomic mass is 10.5. The smallest absolute Gasteiger partial charge is 0.188 e. The van der Waals surface area contributed by atoms with E-state index in [0.29, 0.717) is 5.96 Å². The molecule has 0 atom stereocenters. The van der Waals surface area contributed by atoms with Gasteiger partial charge >= 0.3 is 0 Å². The molecule has 14 heavy (non-hydrogen) atoms. The highest BCUT2D eigenvalue weighted by molar-refractivity contribution is 5.77. The first-order valence-electron chi connectivity index (χ1n) is 5.44. The molecule has 4 nitrogen and oxygen atoms in total. The van der Waals surface area contributed by atoms with Gasteiger partial charge in [-0.15, -0.1) is 0 Å². The summed E-state index contributed by atoms with van der Waals surface area (Å²) in [7, 11) is 0. The molecule has 0 bridgehead atoms. The first kappa shape index (κ1) is 11.3. The fraction of sp³-hybridized carbons (Fsp3) is 0.900. The van der Waals surface area contributed by atoms with Crippen molar-refractivity contribution < 1.29 is 4.74 Å². The second kappa shape index (κ2) is 6.65. The zero-order valence-electron chi connectivity index (χ0n) is 8.96. The van der Waals surface area contributed by atoms with Gasteiger partial charge in [0.05, 0.1) is 6.61 Å². The van der Waals surface area contributed by atoms with Crippen LogP contribution in [0.5, 0.6) is 0 Å². The van der Waals surface area contributed by atoms with Crippen LogP contribution in [-0.4, -0.2) is 32.3 Å². The predicted octanol–water partition coefficient (Wildman–Crippen LogP) is 0.727. The molecular formula is C10H21N3O. The minimum Gasteiger partial charge on any atom is -0.379 e. The van der Waals surface area contributed by atoms with Gasteiger partial charge in [0, 0.05) is 19.7 Å². The lowest BCUT2D eigenvalue weighted by Crippen LogP contribution is -2.34. The Morgan fingerprint density at radius 2 is 2.36 bits per heavy atom. The van der Waals surface area contributed by atoms with Crippen LogP contribution in [-0.2, 0) is 4.74 Å².